The molecule has 28 heavy (non-hydrogen) atoms. The van der Waals surface area contributed by atoms with E-state index in [4.69, 9.17) is 0 Å². The molecule has 142 valence electrons. The molecule has 0 spiro atoms. The van der Waals surface area contributed by atoms with Crippen LogP contribution in [0.1, 0.15) is 31.6 Å². The van der Waals surface area contributed by atoms with E-state index in [1.165, 1.54) is 0 Å². The molecule has 4 rings (SSSR count). The number of nitriles is 1. The number of carbonyl (C=O) groups excluding carboxylic acids is 3. The highest BCUT2D eigenvalue weighted by Crippen LogP contribution is 2.26. The lowest BCUT2D eigenvalue weighted by atomic mass is 10.1. The van der Waals surface area contributed by atoms with Crippen LogP contribution in [-0.4, -0.2) is 65.1 Å². The van der Waals surface area contributed by atoms with Crippen molar-refractivity contribution >= 4 is 29.1 Å². The summed E-state index contributed by atoms with van der Waals surface area (Å²) in [5.74, 6) is -1.09. The lowest BCUT2D eigenvalue weighted by Crippen LogP contribution is -2.52. The zero-order valence-electron chi connectivity index (χ0n) is 15.1. The predicted octanol–water partition coefficient (Wildman–Crippen LogP) is 1.75. The minimum Gasteiger partial charge on any atom is -0.339 e. The van der Waals surface area contributed by atoms with Gasteiger partial charge in [0.15, 0.2) is 0 Å². The van der Waals surface area contributed by atoms with Crippen molar-refractivity contribution in [3.63, 3.8) is 0 Å². The molecule has 1 atom stereocenters. The zero-order chi connectivity index (χ0) is 19.7. The smallest absolute Gasteiger partial charge is 0.262 e. The summed E-state index contributed by atoms with van der Waals surface area (Å²) < 4.78 is 0. The molecule has 1 fully saturated rings. The van der Waals surface area contributed by atoms with Crippen molar-refractivity contribution in [2.24, 2.45) is 0 Å². The Balaban J connectivity index is 1.37. The van der Waals surface area contributed by atoms with E-state index >= 15 is 0 Å². The third kappa shape index (κ3) is 3.19. The molecule has 0 bridgehead atoms. The Kier molecular flexibility index (Phi) is 4.94. The number of imide groups is 1. The summed E-state index contributed by atoms with van der Waals surface area (Å²) in [6.07, 6.45) is 0. The van der Waals surface area contributed by atoms with E-state index < -0.39 is 11.8 Å². The molecule has 2 aliphatic rings. The quantitative estimate of drug-likeness (QED) is 0.738. The van der Waals surface area contributed by atoms with Crippen molar-refractivity contribution in [1.29, 1.82) is 5.26 Å². The first-order valence-corrected chi connectivity index (χ1v) is 9.88. The van der Waals surface area contributed by atoms with Crippen LogP contribution in [0.25, 0.3) is 0 Å². The minimum absolute atomic E-state index is 0.251. The van der Waals surface area contributed by atoms with Crippen molar-refractivity contribution in [3.8, 4) is 6.07 Å². The fourth-order valence-electron chi connectivity index (χ4n) is 3.62. The monoisotopic (exact) mass is 394 g/mol. The van der Waals surface area contributed by atoms with Gasteiger partial charge >= 0.3 is 0 Å². The molecule has 2 aromatic rings. The Morgan fingerprint density at radius 2 is 1.68 bits per heavy atom. The van der Waals surface area contributed by atoms with Crippen molar-refractivity contribution in [1.82, 2.24) is 14.7 Å². The highest BCUT2D eigenvalue weighted by Gasteiger charge is 2.37. The normalized spacial score (nSPS) is 18.1. The van der Waals surface area contributed by atoms with E-state index in [0.717, 1.165) is 9.78 Å². The van der Waals surface area contributed by atoms with Crippen LogP contribution in [0.15, 0.2) is 41.8 Å². The Hall–Kier alpha value is -3.02. The second kappa shape index (κ2) is 7.54. The highest BCUT2D eigenvalue weighted by molar-refractivity contribution is 7.10. The maximum absolute atomic E-state index is 12.7. The molecule has 0 saturated carbocycles. The van der Waals surface area contributed by atoms with Gasteiger partial charge in [-0.25, -0.2) is 0 Å². The van der Waals surface area contributed by atoms with Gasteiger partial charge in [-0.05, 0) is 23.6 Å². The van der Waals surface area contributed by atoms with Gasteiger partial charge in [0.05, 0.1) is 17.2 Å². The first kappa shape index (κ1) is 18.3. The fourth-order valence-corrected chi connectivity index (χ4v) is 4.42. The van der Waals surface area contributed by atoms with Crippen LogP contribution in [0.2, 0.25) is 0 Å². The summed E-state index contributed by atoms with van der Waals surface area (Å²) in [5, 5.41) is 11.5. The molecule has 1 aromatic carbocycles. The average Bonchev–Trinajstić information content (AvgIpc) is 3.33. The van der Waals surface area contributed by atoms with Crippen LogP contribution < -0.4 is 0 Å². The topological polar surface area (TPSA) is 84.7 Å². The minimum atomic E-state index is -0.421. The second-order valence-corrected chi connectivity index (χ2v) is 7.69. The van der Waals surface area contributed by atoms with Crippen LogP contribution in [0.5, 0.6) is 0 Å². The Morgan fingerprint density at radius 3 is 2.21 bits per heavy atom. The van der Waals surface area contributed by atoms with Gasteiger partial charge in [-0.15, -0.1) is 11.3 Å². The number of piperazine rings is 1. The van der Waals surface area contributed by atoms with Crippen LogP contribution in [0.4, 0.5) is 0 Å². The molecule has 1 unspecified atom stereocenters. The van der Waals surface area contributed by atoms with E-state index in [1.807, 2.05) is 17.5 Å². The van der Waals surface area contributed by atoms with Gasteiger partial charge in [-0.3, -0.25) is 24.2 Å². The first-order valence-electron chi connectivity index (χ1n) is 9.00. The number of thiophene rings is 1. The van der Waals surface area contributed by atoms with Crippen molar-refractivity contribution < 1.29 is 14.4 Å². The molecular formula is C20H18N4O3S. The molecule has 1 saturated heterocycles. The number of nitrogens with zero attached hydrogens (tertiary/aromatic N) is 4. The summed E-state index contributed by atoms with van der Waals surface area (Å²) in [6.45, 7) is 1.82. The maximum Gasteiger partial charge on any atom is 0.262 e. The lowest BCUT2D eigenvalue weighted by molar-refractivity contribution is -0.133. The van der Waals surface area contributed by atoms with Gasteiger partial charge in [0.1, 0.15) is 12.6 Å². The van der Waals surface area contributed by atoms with E-state index in [2.05, 4.69) is 11.0 Å². The van der Waals surface area contributed by atoms with Gasteiger partial charge in [0.25, 0.3) is 11.8 Å². The predicted molar refractivity (Wildman–Crippen MR) is 103 cm³/mol. The van der Waals surface area contributed by atoms with Crippen molar-refractivity contribution in [2.75, 3.05) is 32.7 Å². The molecular weight excluding hydrogens is 376 g/mol. The van der Waals surface area contributed by atoms with E-state index in [-0.39, 0.29) is 18.5 Å². The molecule has 2 aliphatic heterocycles. The van der Waals surface area contributed by atoms with E-state index in [0.29, 0.717) is 37.3 Å². The summed E-state index contributed by atoms with van der Waals surface area (Å²) in [6, 6.07) is 12.5. The summed E-state index contributed by atoms with van der Waals surface area (Å²) in [5.41, 5.74) is 0.691. The van der Waals surface area contributed by atoms with Crippen LogP contribution in [0.3, 0.4) is 0 Å². The number of hydrogen-bond donors (Lipinski definition) is 0. The largest absolute Gasteiger partial charge is 0.339 e. The average molecular weight is 394 g/mol. The Labute approximate surface area is 166 Å². The summed E-state index contributed by atoms with van der Waals surface area (Å²) in [7, 11) is 0. The van der Waals surface area contributed by atoms with Crippen LogP contribution in [-0.2, 0) is 4.79 Å². The summed E-state index contributed by atoms with van der Waals surface area (Å²) >= 11 is 1.55. The standard InChI is InChI=1S/C20H18N4O3S/c21-12-16(17-6-3-11-28-17)22-7-9-23(10-8-22)18(25)13-24-19(26)14-4-1-2-5-15(14)20(24)27/h1-6,11,16H,7-10,13H2. The molecule has 7 nitrogen and oxygen atoms in total. The van der Waals surface area contributed by atoms with Crippen molar-refractivity contribution in [2.45, 2.75) is 6.04 Å². The van der Waals surface area contributed by atoms with Crippen molar-refractivity contribution in [3.05, 3.63) is 57.8 Å². The SMILES string of the molecule is N#CC(c1cccs1)N1CCN(C(=O)CN2C(=O)c3ccccc3C2=O)CC1. The number of amides is 3. The van der Waals surface area contributed by atoms with Gasteiger partial charge in [-0.1, -0.05) is 18.2 Å². The van der Waals surface area contributed by atoms with Gasteiger partial charge in [0.2, 0.25) is 5.91 Å². The molecule has 3 heterocycles. The van der Waals surface area contributed by atoms with Gasteiger partial charge < -0.3 is 4.90 Å². The molecule has 3 amide bonds. The second-order valence-electron chi connectivity index (χ2n) is 6.71. The number of rotatable bonds is 4. The number of benzene rings is 1. The lowest BCUT2D eigenvalue weighted by Gasteiger charge is -2.37. The number of hydrogen-bond acceptors (Lipinski definition) is 6. The number of carbonyl (C=O) groups is 3. The fraction of sp³-hybridized carbons (Fsp3) is 0.300. The zero-order valence-corrected chi connectivity index (χ0v) is 15.9. The molecule has 1 aromatic heterocycles. The Bertz CT molecular complexity index is 923. The van der Waals surface area contributed by atoms with Gasteiger partial charge in [0, 0.05) is 31.1 Å². The summed E-state index contributed by atoms with van der Waals surface area (Å²) in [4.78, 5) is 43.2. The Morgan fingerprint density at radius 1 is 1.04 bits per heavy atom. The molecule has 8 heteroatoms. The maximum atomic E-state index is 12.7. The third-order valence-corrected chi connectivity index (χ3v) is 6.06. The molecule has 0 aliphatic carbocycles. The van der Waals surface area contributed by atoms with Gasteiger partial charge in [-0.2, -0.15) is 5.26 Å². The highest BCUT2D eigenvalue weighted by atomic mass is 32.1. The third-order valence-electron chi connectivity index (χ3n) is 5.14. The van der Waals surface area contributed by atoms with Crippen LogP contribution in [0, 0.1) is 11.3 Å². The molecule has 0 radical (unpaired) electrons. The van der Waals surface area contributed by atoms with E-state index in [1.54, 1.807) is 40.5 Å². The molecule has 0 N–H and O–H groups in total. The first-order chi connectivity index (χ1) is 13.6. The van der Waals surface area contributed by atoms with E-state index in [9.17, 15) is 19.6 Å². The number of fused-ring (bicyclic) bond motifs is 1. The van der Waals surface area contributed by atoms with Crippen LogP contribution >= 0.6 is 11.3 Å².